The van der Waals surface area contributed by atoms with E-state index in [9.17, 15) is 19.6 Å². The number of nitriles is 1. The van der Waals surface area contributed by atoms with Crippen LogP contribution < -0.4 is 4.90 Å². The van der Waals surface area contributed by atoms with Crippen molar-refractivity contribution in [2.24, 2.45) is 0 Å². The maximum atomic E-state index is 12.0. The molecule has 21 heavy (non-hydrogen) atoms. The van der Waals surface area contributed by atoms with Crippen molar-refractivity contribution in [1.82, 2.24) is 4.57 Å². The third kappa shape index (κ3) is 2.35. The number of aromatic nitrogens is 1. The van der Waals surface area contributed by atoms with Crippen molar-refractivity contribution in [2.45, 2.75) is 46.5 Å². The fraction of sp³-hybridized carbons (Fsp3) is 0.467. The van der Waals surface area contributed by atoms with E-state index < -0.39 is 11.8 Å². The summed E-state index contributed by atoms with van der Waals surface area (Å²) in [6.07, 6.45) is 3.22. The molecular weight excluding hydrogens is 270 g/mol. The molecule has 2 amide bonds. The van der Waals surface area contributed by atoms with E-state index in [1.54, 1.807) is 0 Å². The van der Waals surface area contributed by atoms with Crippen molar-refractivity contribution in [3.63, 3.8) is 0 Å². The molecule has 1 heterocycles. The van der Waals surface area contributed by atoms with Crippen molar-refractivity contribution in [2.75, 3.05) is 4.90 Å². The Kier molecular flexibility index (Phi) is 3.94. The average Bonchev–Trinajstić information content (AvgIpc) is 2.71. The second-order valence-electron chi connectivity index (χ2n) is 5.17. The van der Waals surface area contributed by atoms with Crippen LogP contribution in [-0.2, 0) is 22.4 Å². The number of nitrogens with zero attached hydrogens (tertiary/aromatic N) is 3. The van der Waals surface area contributed by atoms with Gasteiger partial charge in [0, 0.05) is 26.5 Å². The highest BCUT2D eigenvalue weighted by molar-refractivity contribution is 6.14. The highest BCUT2D eigenvalue weighted by Gasteiger charge is 2.32. The van der Waals surface area contributed by atoms with Gasteiger partial charge in [-0.25, -0.2) is 4.90 Å². The Morgan fingerprint density at radius 3 is 2.14 bits per heavy atom. The molecule has 1 aromatic rings. The van der Waals surface area contributed by atoms with Crippen molar-refractivity contribution in [3.8, 4) is 6.07 Å². The first kappa shape index (κ1) is 15.0. The molecule has 0 saturated carbocycles. The van der Waals surface area contributed by atoms with E-state index in [0.29, 0.717) is 12.8 Å². The molecule has 0 unspecified atom stereocenters. The van der Waals surface area contributed by atoms with E-state index in [0.717, 1.165) is 29.0 Å². The summed E-state index contributed by atoms with van der Waals surface area (Å²) in [5, 5.41) is 9.46. The molecule has 0 saturated heterocycles. The zero-order chi connectivity index (χ0) is 15.7. The summed E-state index contributed by atoms with van der Waals surface area (Å²) in [6, 6.07) is 2.07. The van der Waals surface area contributed by atoms with Gasteiger partial charge in [0.05, 0.1) is 5.56 Å². The molecule has 0 atom stereocenters. The van der Waals surface area contributed by atoms with Crippen molar-refractivity contribution in [1.29, 1.82) is 5.26 Å². The van der Waals surface area contributed by atoms with Gasteiger partial charge in [0.1, 0.15) is 11.9 Å². The Labute approximate surface area is 122 Å². The van der Waals surface area contributed by atoms with E-state index in [1.165, 1.54) is 25.3 Å². The summed E-state index contributed by atoms with van der Waals surface area (Å²) in [5.74, 6) is -1.19. The van der Waals surface area contributed by atoms with Gasteiger partial charge in [0.25, 0.3) is 0 Å². The summed E-state index contributed by atoms with van der Waals surface area (Å²) in [6.45, 7) is 3.87. The zero-order valence-electron chi connectivity index (χ0n) is 12.4. The number of carbonyl (C=O) groups excluding carboxylic acids is 3. The van der Waals surface area contributed by atoms with Crippen LogP contribution in [0.4, 0.5) is 5.82 Å². The fourth-order valence-corrected chi connectivity index (χ4v) is 2.97. The minimum atomic E-state index is -0.503. The number of carbonyl (C=O) groups is 3. The first-order valence-electron chi connectivity index (χ1n) is 6.88. The van der Waals surface area contributed by atoms with Gasteiger partial charge < -0.3 is 0 Å². The quantitative estimate of drug-likeness (QED) is 0.788. The van der Waals surface area contributed by atoms with Gasteiger partial charge >= 0.3 is 0 Å². The lowest BCUT2D eigenvalue weighted by Gasteiger charge is -2.20. The standard InChI is InChI=1S/C15H17N3O3/c1-9(19)17(10(2)20)15-13(8-16)12-6-4-5-7-14(12)18(15)11(3)21/h4-7H2,1-3H3. The van der Waals surface area contributed by atoms with Gasteiger partial charge in [0.2, 0.25) is 17.7 Å². The monoisotopic (exact) mass is 287 g/mol. The number of fused-ring (bicyclic) bond motifs is 1. The SMILES string of the molecule is CC(=O)N(C(C)=O)c1c(C#N)c2c(n1C(C)=O)CCCC2. The second-order valence-corrected chi connectivity index (χ2v) is 5.17. The van der Waals surface area contributed by atoms with Crippen molar-refractivity contribution < 1.29 is 14.4 Å². The van der Waals surface area contributed by atoms with Crippen LogP contribution in [0.1, 0.15) is 55.2 Å². The molecule has 0 fully saturated rings. The molecule has 2 rings (SSSR count). The van der Waals surface area contributed by atoms with Crippen molar-refractivity contribution >= 4 is 23.5 Å². The number of hydrogen-bond acceptors (Lipinski definition) is 4. The van der Waals surface area contributed by atoms with Crippen LogP contribution >= 0.6 is 0 Å². The minimum absolute atomic E-state index is 0.108. The molecule has 0 radical (unpaired) electrons. The van der Waals surface area contributed by atoms with Gasteiger partial charge in [-0.3, -0.25) is 19.0 Å². The van der Waals surface area contributed by atoms with Gasteiger partial charge in [-0.15, -0.1) is 0 Å². The van der Waals surface area contributed by atoms with Gasteiger partial charge in [-0.1, -0.05) is 0 Å². The third-order valence-electron chi connectivity index (χ3n) is 3.71. The van der Waals surface area contributed by atoms with Crippen LogP contribution in [0.25, 0.3) is 0 Å². The molecule has 6 heteroatoms. The number of rotatable bonds is 1. The summed E-state index contributed by atoms with van der Waals surface area (Å²) in [4.78, 5) is 36.6. The number of hydrogen-bond donors (Lipinski definition) is 0. The molecule has 1 aliphatic carbocycles. The lowest BCUT2D eigenvalue weighted by molar-refractivity contribution is -0.124. The molecule has 0 bridgehead atoms. The predicted octanol–water partition coefficient (Wildman–Crippen LogP) is 1.80. The number of imide groups is 1. The van der Waals surface area contributed by atoms with Gasteiger partial charge in [-0.2, -0.15) is 5.26 Å². The molecule has 1 aliphatic rings. The molecule has 0 aliphatic heterocycles. The predicted molar refractivity (Wildman–Crippen MR) is 75.9 cm³/mol. The summed E-state index contributed by atoms with van der Waals surface area (Å²) in [7, 11) is 0. The van der Waals surface area contributed by atoms with E-state index in [4.69, 9.17) is 0 Å². The molecule has 0 spiro atoms. The van der Waals surface area contributed by atoms with Crippen LogP contribution in [0.2, 0.25) is 0 Å². The number of amides is 2. The largest absolute Gasteiger partial charge is 0.274 e. The Morgan fingerprint density at radius 2 is 1.67 bits per heavy atom. The second kappa shape index (κ2) is 5.52. The fourth-order valence-electron chi connectivity index (χ4n) is 2.97. The molecule has 110 valence electrons. The van der Waals surface area contributed by atoms with E-state index in [-0.39, 0.29) is 17.3 Å². The highest BCUT2D eigenvalue weighted by atomic mass is 16.2. The van der Waals surface area contributed by atoms with Crippen LogP contribution in [0, 0.1) is 11.3 Å². The van der Waals surface area contributed by atoms with E-state index >= 15 is 0 Å². The normalized spacial score (nSPS) is 13.2. The van der Waals surface area contributed by atoms with Gasteiger partial charge in [-0.05, 0) is 31.2 Å². The lowest BCUT2D eigenvalue weighted by atomic mass is 9.95. The average molecular weight is 287 g/mol. The van der Waals surface area contributed by atoms with Gasteiger partial charge in [0.15, 0.2) is 0 Å². The molecule has 6 nitrogen and oxygen atoms in total. The van der Waals surface area contributed by atoms with E-state index in [1.807, 2.05) is 0 Å². The maximum absolute atomic E-state index is 12.0. The first-order valence-corrected chi connectivity index (χ1v) is 6.88. The van der Waals surface area contributed by atoms with Crippen LogP contribution in [0.3, 0.4) is 0 Å². The van der Waals surface area contributed by atoms with E-state index in [2.05, 4.69) is 6.07 Å². The summed E-state index contributed by atoms with van der Waals surface area (Å²) >= 11 is 0. The van der Waals surface area contributed by atoms with Crippen LogP contribution in [-0.4, -0.2) is 22.3 Å². The topological polar surface area (TPSA) is 83.2 Å². The Hall–Kier alpha value is -2.42. The number of anilines is 1. The molecule has 0 N–H and O–H groups in total. The Bertz CT molecular complexity index is 665. The lowest BCUT2D eigenvalue weighted by Crippen LogP contribution is -2.36. The molecule has 1 aromatic heterocycles. The van der Waals surface area contributed by atoms with Crippen LogP contribution in [0.5, 0.6) is 0 Å². The minimum Gasteiger partial charge on any atom is -0.274 e. The summed E-state index contributed by atoms with van der Waals surface area (Å²) < 4.78 is 1.36. The zero-order valence-corrected chi connectivity index (χ0v) is 12.4. The molecule has 0 aromatic carbocycles. The first-order chi connectivity index (χ1) is 9.90. The third-order valence-corrected chi connectivity index (χ3v) is 3.71. The smallest absolute Gasteiger partial charge is 0.231 e. The van der Waals surface area contributed by atoms with Crippen LogP contribution in [0.15, 0.2) is 0 Å². The highest BCUT2D eigenvalue weighted by Crippen LogP contribution is 2.35. The summed E-state index contributed by atoms with van der Waals surface area (Å²) in [5.41, 5.74) is 1.82. The molecular formula is C15H17N3O3. The van der Waals surface area contributed by atoms with Crippen molar-refractivity contribution in [3.05, 3.63) is 16.8 Å². The maximum Gasteiger partial charge on any atom is 0.231 e. The Morgan fingerprint density at radius 1 is 1.10 bits per heavy atom. The Balaban J connectivity index is 2.83.